The molecular weight excluding hydrogens is 172 g/mol. The molecule has 2 N–H and O–H groups in total. The molecule has 2 nitrogen and oxygen atoms in total. The van der Waals surface area contributed by atoms with Gasteiger partial charge in [-0.3, -0.25) is 4.98 Å². The first kappa shape index (κ1) is 9.66. The summed E-state index contributed by atoms with van der Waals surface area (Å²) < 4.78 is 0. The average molecular weight is 191 g/mol. The molecule has 1 aromatic heterocycles. The zero-order valence-corrected chi connectivity index (χ0v) is 8.87. The lowest BCUT2D eigenvalue weighted by molar-refractivity contribution is -0.697. The van der Waals surface area contributed by atoms with Crippen LogP contribution in [0.1, 0.15) is 30.5 Å². The minimum atomic E-state index is 0.775. The topological polar surface area (TPSA) is 29.5 Å². The summed E-state index contributed by atoms with van der Waals surface area (Å²) >= 11 is 0. The number of hydrogen-bond acceptors (Lipinski definition) is 1. The summed E-state index contributed by atoms with van der Waals surface area (Å²) in [5.41, 5.74) is 2.63. The molecule has 1 aliphatic heterocycles. The van der Waals surface area contributed by atoms with Crippen LogP contribution in [0.25, 0.3) is 0 Å². The van der Waals surface area contributed by atoms with E-state index in [0.29, 0.717) is 0 Å². The van der Waals surface area contributed by atoms with Crippen LogP contribution in [0.4, 0.5) is 0 Å². The highest BCUT2D eigenvalue weighted by atomic mass is 14.9. The Kier molecular flexibility index (Phi) is 3.14. The maximum atomic E-state index is 4.45. The van der Waals surface area contributed by atoms with E-state index in [9.17, 15) is 0 Å². The van der Waals surface area contributed by atoms with Gasteiger partial charge in [0.25, 0.3) is 0 Å². The monoisotopic (exact) mass is 191 g/mol. The molecule has 0 aromatic carbocycles. The maximum absolute atomic E-state index is 4.45. The third-order valence-electron chi connectivity index (χ3n) is 3.10. The average Bonchev–Trinajstić information content (AvgIpc) is 2.23. The highest BCUT2D eigenvalue weighted by Crippen LogP contribution is 2.09. The van der Waals surface area contributed by atoms with Gasteiger partial charge in [0.15, 0.2) is 0 Å². The Bertz CT molecular complexity index is 290. The van der Waals surface area contributed by atoms with Crippen LogP contribution in [0.3, 0.4) is 0 Å². The van der Waals surface area contributed by atoms with Gasteiger partial charge in [-0.25, -0.2) is 0 Å². The summed E-state index contributed by atoms with van der Waals surface area (Å²) in [5, 5.41) is 2.48. The predicted molar refractivity (Wildman–Crippen MR) is 57.1 cm³/mol. The molecule has 76 valence electrons. The first-order valence-corrected chi connectivity index (χ1v) is 5.60. The molecular formula is C12H19N2+. The molecule has 14 heavy (non-hydrogen) atoms. The van der Waals surface area contributed by atoms with Gasteiger partial charge < -0.3 is 5.32 Å². The Hall–Kier alpha value is -0.890. The second-order valence-corrected chi connectivity index (χ2v) is 4.25. The van der Waals surface area contributed by atoms with Crippen molar-refractivity contribution in [3.63, 3.8) is 0 Å². The Morgan fingerprint density at radius 1 is 1.50 bits per heavy atom. The van der Waals surface area contributed by atoms with Crippen molar-refractivity contribution in [2.75, 3.05) is 6.54 Å². The third-order valence-corrected chi connectivity index (χ3v) is 3.10. The fraction of sp³-hybridized carbons (Fsp3) is 0.583. The normalized spacial score (nSPS) is 22.2. The van der Waals surface area contributed by atoms with Gasteiger partial charge in [0.2, 0.25) is 0 Å². The number of nitrogens with two attached hydrogens (primary N) is 1. The van der Waals surface area contributed by atoms with Crippen molar-refractivity contribution >= 4 is 0 Å². The Labute approximate surface area is 85.7 Å². The number of hydrogen-bond donors (Lipinski definition) is 1. The number of pyridine rings is 1. The van der Waals surface area contributed by atoms with Crippen LogP contribution in [0.5, 0.6) is 0 Å². The molecule has 0 aliphatic carbocycles. The molecule has 2 heterocycles. The quantitative estimate of drug-likeness (QED) is 0.744. The predicted octanol–water partition coefficient (Wildman–Crippen LogP) is 1.05. The van der Waals surface area contributed by atoms with Gasteiger partial charge in [0.05, 0.1) is 12.6 Å². The maximum Gasteiger partial charge on any atom is 0.0915 e. The second kappa shape index (κ2) is 4.56. The van der Waals surface area contributed by atoms with E-state index in [1.165, 1.54) is 37.1 Å². The molecule has 2 rings (SSSR count). The number of quaternary nitrogens is 1. The molecule has 0 radical (unpaired) electrons. The molecule has 2 heteroatoms. The number of aromatic nitrogens is 1. The van der Waals surface area contributed by atoms with Crippen molar-refractivity contribution < 1.29 is 5.32 Å². The van der Waals surface area contributed by atoms with E-state index in [1.807, 2.05) is 12.3 Å². The fourth-order valence-corrected chi connectivity index (χ4v) is 2.19. The molecule has 1 fully saturated rings. The van der Waals surface area contributed by atoms with Crippen molar-refractivity contribution in [2.45, 2.75) is 38.6 Å². The van der Waals surface area contributed by atoms with Crippen LogP contribution in [0, 0.1) is 6.92 Å². The fourth-order valence-electron chi connectivity index (χ4n) is 2.19. The van der Waals surface area contributed by atoms with Gasteiger partial charge in [-0.2, -0.15) is 0 Å². The highest BCUT2D eigenvalue weighted by molar-refractivity contribution is 5.18. The van der Waals surface area contributed by atoms with Gasteiger partial charge in [-0.05, 0) is 37.8 Å². The number of rotatable bonds is 2. The Balaban J connectivity index is 1.99. The van der Waals surface area contributed by atoms with Gasteiger partial charge in [-0.1, -0.05) is 6.07 Å². The minimum absolute atomic E-state index is 0.775. The van der Waals surface area contributed by atoms with E-state index in [0.717, 1.165) is 12.5 Å². The van der Waals surface area contributed by atoms with Crippen LogP contribution in [0.2, 0.25) is 0 Å². The minimum Gasteiger partial charge on any atom is -0.343 e. The molecule has 1 aliphatic rings. The van der Waals surface area contributed by atoms with E-state index in [-0.39, 0.29) is 0 Å². The second-order valence-electron chi connectivity index (χ2n) is 4.25. The van der Waals surface area contributed by atoms with Crippen molar-refractivity contribution in [3.8, 4) is 0 Å². The summed E-state index contributed by atoms with van der Waals surface area (Å²) in [4.78, 5) is 4.45. The summed E-state index contributed by atoms with van der Waals surface area (Å²) in [7, 11) is 0. The first-order valence-electron chi connectivity index (χ1n) is 5.60. The molecule has 0 spiro atoms. The van der Waals surface area contributed by atoms with Crippen LogP contribution in [0.15, 0.2) is 18.3 Å². The number of piperidine rings is 1. The lowest BCUT2D eigenvalue weighted by atomic mass is 9.99. The van der Waals surface area contributed by atoms with Crippen LogP contribution >= 0.6 is 0 Å². The lowest BCUT2D eigenvalue weighted by Crippen LogP contribution is -2.91. The molecule has 0 bridgehead atoms. The summed E-state index contributed by atoms with van der Waals surface area (Å²) in [6.45, 7) is 3.46. The molecule has 1 saturated heterocycles. The zero-order chi connectivity index (χ0) is 9.80. The van der Waals surface area contributed by atoms with Crippen molar-refractivity contribution in [1.29, 1.82) is 0 Å². The van der Waals surface area contributed by atoms with E-state index < -0.39 is 0 Å². The van der Waals surface area contributed by atoms with Crippen LogP contribution < -0.4 is 5.32 Å². The smallest absolute Gasteiger partial charge is 0.0915 e. The summed E-state index contributed by atoms with van der Waals surface area (Å²) in [5.74, 6) is 0. The van der Waals surface area contributed by atoms with E-state index >= 15 is 0 Å². The zero-order valence-electron chi connectivity index (χ0n) is 8.87. The van der Waals surface area contributed by atoms with Crippen molar-refractivity contribution in [2.24, 2.45) is 0 Å². The van der Waals surface area contributed by atoms with Gasteiger partial charge >= 0.3 is 0 Å². The third kappa shape index (κ3) is 2.32. The lowest BCUT2D eigenvalue weighted by Gasteiger charge is -2.20. The molecule has 0 saturated carbocycles. The van der Waals surface area contributed by atoms with Crippen LogP contribution in [-0.2, 0) is 6.42 Å². The van der Waals surface area contributed by atoms with E-state index in [1.54, 1.807) is 0 Å². The Morgan fingerprint density at radius 3 is 3.14 bits per heavy atom. The van der Waals surface area contributed by atoms with Crippen molar-refractivity contribution in [1.82, 2.24) is 4.98 Å². The summed E-state index contributed by atoms with van der Waals surface area (Å²) in [6, 6.07) is 4.95. The summed E-state index contributed by atoms with van der Waals surface area (Å²) in [6.07, 6.45) is 7.19. The van der Waals surface area contributed by atoms with Gasteiger partial charge in [-0.15, -0.1) is 0 Å². The van der Waals surface area contributed by atoms with Gasteiger partial charge in [0.1, 0.15) is 0 Å². The van der Waals surface area contributed by atoms with E-state index in [4.69, 9.17) is 0 Å². The largest absolute Gasteiger partial charge is 0.343 e. The number of nitrogens with zero attached hydrogens (tertiary/aromatic N) is 1. The van der Waals surface area contributed by atoms with Crippen molar-refractivity contribution in [3.05, 3.63) is 29.6 Å². The van der Waals surface area contributed by atoms with E-state index in [2.05, 4.69) is 23.3 Å². The molecule has 1 aromatic rings. The Morgan fingerprint density at radius 2 is 2.43 bits per heavy atom. The van der Waals surface area contributed by atoms with Crippen LogP contribution in [-0.4, -0.2) is 17.6 Å². The molecule has 0 amide bonds. The number of aryl methyl sites for hydroxylation is 1. The molecule has 1 atom stereocenters. The first-order chi connectivity index (χ1) is 6.86. The SMILES string of the molecule is Cc1cccnc1C[C@H]1CCCC[NH2+]1. The van der Waals surface area contributed by atoms with Gasteiger partial charge in [0, 0.05) is 18.3 Å². The highest BCUT2D eigenvalue weighted by Gasteiger charge is 2.17. The standard InChI is InChI=1S/C12H18N2/c1-10-5-4-8-14-12(10)9-11-6-2-3-7-13-11/h4-5,8,11,13H,2-3,6-7,9H2,1H3/p+1/t11-/m1/s1. The molecule has 0 unspecified atom stereocenters.